The summed E-state index contributed by atoms with van der Waals surface area (Å²) in [4.78, 5) is 24.6. The number of hydrogen-bond donors (Lipinski definition) is 2. The van der Waals surface area contributed by atoms with E-state index in [4.69, 9.17) is 4.74 Å². The van der Waals surface area contributed by atoms with Crippen LogP contribution in [0.2, 0.25) is 0 Å². The Morgan fingerprint density at radius 2 is 1.78 bits per heavy atom. The van der Waals surface area contributed by atoms with E-state index in [1.54, 1.807) is 0 Å². The van der Waals surface area contributed by atoms with E-state index in [1.165, 1.54) is 12.0 Å². The maximum absolute atomic E-state index is 11.9. The molecular weight excluding hydrogens is 232 g/mol. The van der Waals surface area contributed by atoms with Crippen molar-refractivity contribution in [1.29, 1.82) is 0 Å². The summed E-state index contributed by atoms with van der Waals surface area (Å²) < 4.78 is 4.76. The van der Waals surface area contributed by atoms with E-state index in [0.29, 0.717) is 0 Å². The van der Waals surface area contributed by atoms with Crippen LogP contribution in [-0.2, 0) is 14.3 Å². The number of ether oxygens (including phenoxy) is 1. The second-order valence-electron chi connectivity index (χ2n) is 5.34. The fraction of sp³-hybridized carbons (Fsp3) is 0.846. The summed E-state index contributed by atoms with van der Waals surface area (Å²) >= 11 is 0. The number of carbonyl (C=O) groups is 2. The van der Waals surface area contributed by atoms with Crippen molar-refractivity contribution in [3.8, 4) is 0 Å². The molecular formula is C13H25N2O3+. The minimum Gasteiger partial charge on any atom is -0.469 e. The smallest absolute Gasteiger partial charge is 0.309 e. The van der Waals surface area contributed by atoms with Crippen LogP contribution in [0.5, 0.6) is 0 Å². The van der Waals surface area contributed by atoms with Crippen LogP contribution in [0.4, 0.5) is 0 Å². The molecule has 5 heteroatoms. The highest BCUT2D eigenvalue weighted by Crippen LogP contribution is 2.11. The van der Waals surface area contributed by atoms with Gasteiger partial charge in [-0.15, -0.1) is 0 Å². The van der Waals surface area contributed by atoms with Crippen molar-refractivity contribution in [2.45, 2.75) is 45.7 Å². The highest BCUT2D eigenvalue weighted by Gasteiger charge is 2.33. The van der Waals surface area contributed by atoms with Crippen molar-refractivity contribution in [1.82, 2.24) is 5.32 Å². The van der Waals surface area contributed by atoms with Crippen molar-refractivity contribution < 1.29 is 19.2 Å². The summed E-state index contributed by atoms with van der Waals surface area (Å²) in [6.07, 6.45) is 1.61. The molecule has 5 nitrogen and oxygen atoms in total. The van der Waals surface area contributed by atoms with Crippen LogP contribution in [0, 0.1) is 5.92 Å². The average Bonchev–Trinajstić information content (AvgIpc) is 2.36. The summed E-state index contributed by atoms with van der Waals surface area (Å²) in [5.41, 5.74) is 0. The van der Waals surface area contributed by atoms with E-state index >= 15 is 0 Å². The van der Waals surface area contributed by atoms with E-state index in [2.05, 4.69) is 5.32 Å². The number of esters is 1. The Balaban J connectivity index is 2.42. The lowest BCUT2D eigenvalue weighted by molar-refractivity contribution is -0.919. The van der Waals surface area contributed by atoms with Crippen LogP contribution in [0.25, 0.3) is 0 Å². The Hall–Kier alpha value is -1.10. The lowest BCUT2D eigenvalue weighted by atomic mass is 9.96. The number of carbonyl (C=O) groups excluding carboxylic acids is 2. The molecule has 0 spiro atoms. The predicted molar refractivity (Wildman–Crippen MR) is 68.2 cm³/mol. The van der Waals surface area contributed by atoms with Gasteiger partial charge in [0, 0.05) is 18.9 Å². The molecule has 0 aromatic heterocycles. The zero-order valence-corrected chi connectivity index (χ0v) is 11.8. The van der Waals surface area contributed by atoms with E-state index < -0.39 is 0 Å². The fourth-order valence-corrected chi connectivity index (χ4v) is 2.42. The van der Waals surface area contributed by atoms with Crippen molar-refractivity contribution in [2.75, 3.05) is 20.2 Å². The van der Waals surface area contributed by atoms with Crippen LogP contribution in [-0.4, -0.2) is 44.2 Å². The molecule has 0 bridgehead atoms. The number of amides is 1. The van der Waals surface area contributed by atoms with Crippen molar-refractivity contribution in [3.05, 3.63) is 0 Å². The number of rotatable bonds is 4. The second-order valence-corrected chi connectivity index (χ2v) is 5.34. The van der Waals surface area contributed by atoms with E-state index in [9.17, 15) is 9.59 Å². The summed E-state index contributed by atoms with van der Waals surface area (Å²) in [5.74, 6) is -0.0102. The third-order valence-corrected chi connectivity index (χ3v) is 3.60. The first kappa shape index (κ1) is 15.0. The topological polar surface area (TPSA) is 59.8 Å². The first-order valence-corrected chi connectivity index (χ1v) is 6.68. The van der Waals surface area contributed by atoms with Gasteiger partial charge in [0.2, 0.25) is 0 Å². The quantitative estimate of drug-likeness (QED) is 0.659. The SMILES string of the molecule is COC(=O)C1CC[NH+]([C@H](C)C(=O)NC(C)C)CC1. The molecule has 0 unspecified atom stereocenters. The van der Waals surface area contributed by atoms with Gasteiger partial charge < -0.3 is 15.0 Å². The van der Waals surface area contributed by atoms with Gasteiger partial charge in [-0.3, -0.25) is 9.59 Å². The monoisotopic (exact) mass is 257 g/mol. The van der Waals surface area contributed by atoms with Crippen LogP contribution < -0.4 is 10.2 Å². The number of methoxy groups -OCH3 is 1. The molecule has 2 N–H and O–H groups in total. The van der Waals surface area contributed by atoms with Gasteiger partial charge in [-0.05, 0) is 20.8 Å². The molecule has 1 amide bonds. The minimum absolute atomic E-state index is 0.0131. The van der Waals surface area contributed by atoms with Crippen LogP contribution in [0.1, 0.15) is 33.6 Å². The Bertz CT molecular complexity index is 297. The Morgan fingerprint density at radius 3 is 2.22 bits per heavy atom. The number of hydrogen-bond acceptors (Lipinski definition) is 3. The van der Waals surface area contributed by atoms with Gasteiger partial charge in [-0.25, -0.2) is 0 Å². The molecule has 1 fully saturated rings. The zero-order chi connectivity index (χ0) is 13.7. The molecule has 1 heterocycles. The highest BCUT2D eigenvalue weighted by molar-refractivity contribution is 5.80. The van der Waals surface area contributed by atoms with E-state index in [0.717, 1.165) is 25.9 Å². The van der Waals surface area contributed by atoms with Crippen LogP contribution >= 0.6 is 0 Å². The summed E-state index contributed by atoms with van der Waals surface area (Å²) in [6.45, 7) is 7.58. The normalized spacial score (nSPS) is 25.6. The maximum Gasteiger partial charge on any atom is 0.309 e. The molecule has 1 rings (SSSR count). The van der Waals surface area contributed by atoms with Gasteiger partial charge >= 0.3 is 5.97 Å². The first-order valence-electron chi connectivity index (χ1n) is 6.68. The van der Waals surface area contributed by atoms with Gasteiger partial charge in [-0.2, -0.15) is 0 Å². The maximum atomic E-state index is 11.9. The molecule has 104 valence electrons. The fourth-order valence-electron chi connectivity index (χ4n) is 2.42. The Morgan fingerprint density at radius 1 is 1.22 bits per heavy atom. The number of piperidine rings is 1. The highest BCUT2D eigenvalue weighted by atomic mass is 16.5. The molecule has 0 radical (unpaired) electrons. The molecule has 18 heavy (non-hydrogen) atoms. The third kappa shape index (κ3) is 3.98. The molecule has 0 aromatic rings. The lowest BCUT2D eigenvalue weighted by Gasteiger charge is -2.31. The largest absolute Gasteiger partial charge is 0.469 e. The van der Waals surface area contributed by atoms with Gasteiger partial charge in [0.15, 0.2) is 6.04 Å². The average molecular weight is 257 g/mol. The van der Waals surface area contributed by atoms with Crippen LogP contribution in [0.15, 0.2) is 0 Å². The van der Waals surface area contributed by atoms with Gasteiger partial charge in [-0.1, -0.05) is 0 Å². The molecule has 0 aromatic carbocycles. The summed E-state index contributed by atoms with van der Waals surface area (Å²) in [6, 6.07) is 0.123. The molecule has 1 aliphatic heterocycles. The Kier molecular flexibility index (Phi) is 5.59. The predicted octanol–water partition coefficient (Wildman–Crippen LogP) is -0.633. The van der Waals surface area contributed by atoms with Crippen molar-refractivity contribution >= 4 is 11.9 Å². The first-order chi connectivity index (χ1) is 8.45. The minimum atomic E-state index is -0.117. The van der Waals surface area contributed by atoms with Gasteiger partial charge in [0.25, 0.3) is 5.91 Å². The number of likely N-dealkylation sites (tertiary alicyclic amines) is 1. The number of nitrogens with one attached hydrogen (secondary N) is 2. The van der Waals surface area contributed by atoms with Crippen molar-refractivity contribution in [3.63, 3.8) is 0 Å². The molecule has 0 saturated carbocycles. The van der Waals surface area contributed by atoms with Crippen LogP contribution in [0.3, 0.4) is 0 Å². The second kappa shape index (κ2) is 6.73. The third-order valence-electron chi connectivity index (χ3n) is 3.60. The number of quaternary nitrogens is 1. The summed E-state index contributed by atoms with van der Waals surface area (Å²) in [5, 5.41) is 2.93. The summed E-state index contributed by atoms with van der Waals surface area (Å²) in [7, 11) is 1.43. The van der Waals surface area contributed by atoms with E-state index in [1.807, 2.05) is 20.8 Å². The Labute approximate surface area is 109 Å². The molecule has 1 aliphatic rings. The zero-order valence-electron chi connectivity index (χ0n) is 11.8. The molecule has 0 aliphatic carbocycles. The molecule has 1 saturated heterocycles. The van der Waals surface area contributed by atoms with Gasteiger partial charge in [0.1, 0.15) is 0 Å². The van der Waals surface area contributed by atoms with Gasteiger partial charge in [0.05, 0.1) is 26.1 Å². The lowest BCUT2D eigenvalue weighted by Crippen LogP contribution is -3.17. The molecule has 1 atom stereocenters. The van der Waals surface area contributed by atoms with E-state index in [-0.39, 0.29) is 29.9 Å². The standard InChI is InChI=1S/C13H24N2O3/c1-9(2)14-12(16)10(3)15-7-5-11(6-8-15)13(17)18-4/h9-11H,5-8H2,1-4H3,(H,14,16)/p+1/t10-/m1/s1. The van der Waals surface area contributed by atoms with Crippen molar-refractivity contribution in [2.24, 2.45) is 5.92 Å².